The highest BCUT2D eigenvalue weighted by atomic mass is 35.5. The van der Waals surface area contributed by atoms with Gasteiger partial charge in [0.1, 0.15) is 0 Å². The molecule has 3 aromatic rings. The molecule has 104 valence electrons. The van der Waals surface area contributed by atoms with Crippen molar-refractivity contribution >= 4 is 28.3 Å². The first kappa shape index (κ1) is 13.8. The molecule has 0 aliphatic heterocycles. The Balaban J connectivity index is 1.96. The molecule has 0 saturated heterocycles. The minimum atomic E-state index is 0.0666. The maximum atomic E-state index is 12.5. The average molecular weight is 296 g/mol. The van der Waals surface area contributed by atoms with Gasteiger partial charge < -0.3 is 0 Å². The van der Waals surface area contributed by atoms with E-state index in [9.17, 15) is 4.79 Å². The van der Waals surface area contributed by atoms with Crippen molar-refractivity contribution in [2.24, 2.45) is 0 Å². The second-order valence-corrected chi connectivity index (χ2v) is 5.54. The molecule has 1 aromatic heterocycles. The number of Topliss-reactive ketones (excluding diaryl/α,β-unsaturated/α-hetero) is 1. The summed E-state index contributed by atoms with van der Waals surface area (Å²) in [6.07, 6.45) is 2.09. The molecule has 0 amide bonds. The van der Waals surface area contributed by atoms with E-state index in [0.29, 0.717) is 17.0 Å². The third kappa shape index (κ3) is 2.96. The van der Waals surface area contributed by atoms with Crippen LogP contribution in [0.15, 0.2) is 54.7 Å². The highest BCUT2D eigenvalue weighted by Crippen LogP contribution is 2.20. The molecule has 0 N–H and O–H groups in total. The number of aryl methyl sites for hydroxylation is 1. The molecule has 3 rings (SSSR count). The smallest absolute Gasteiger partial charge is 0.167 e. The van der Waals surface area contributed by atoms with Crippen LogP contribution in [0.5, 0.6) is 0 Å². The van der Waals surface area contributed by atoms with Gasteiger partial charge in [-0.15, -0.1) is 0 Å². The van der Waals surface area contributed by atoms with Crippen LogP contribution in [0.2, 0.25) is 5.02 Å². The Hall–Kier alpha value is -2.19. The molecule has 0 spiro atoms. The molecule has 2 nitrogen and oxygen atoms in total. The number of hydrogen-bond donors (Lipinski definition) is 0. The molecular formula is C18H14ClNO. The van der Waals surface area contributed by atoms with Gasteiger partial charge in [0, 0.05) is 28.6 Å². The number of hydrogen-bond acceptors (Lipinski definition) is 2. The lowest BCUT2D eigenvalue weighted by atomic mass is 9.99. The van der Waals surface area contributed by atoms with E-state index >= 15 is 0 Å². The predicted molar refractivity (Wildman–Crippen MR) is 86.0 cm³/mol. The molecule has 21 heavy (non-hydrogen) atoms. The van der Waals surface area contributed by atoms with Gasteiger partial charge >= 0.3 is 0 Å². The normalized spacial score (nSPS) is 10.8. The minimum Gasteiger partial charge on any atom is -0.294 e. The van der Waals surface area contributed by atoms with E-state index in [1.165, 1.54) is 0 Å². The zero-order chi connectivity index (χ0) is 14.8. The van der Waals surface area contributed by atoms with E-state index in [4.69, 9.17) is 11.6 Å². The van der Waals surface area contributed by atoms with Crippen LogP contribution in [0, 0.1) is 6.92 Å². The standard InChI is InChI=1S/C18H14ClNO/c1-12-8-14(10-15(19)9-12)18(21)11-13-6-7-20-17-5-3-2-4-16(13)17/h2-10H,11H2,1H3. The SMILES string of the molecule is Cc1cc(Cl)cc(C(=O)Cc2ccnc3ccccc23)c1. The zero-order valence-electron chi connectivity index (χ0n) is 11.6. The number of ketones is 1. The summed E-state index contributed by atoms with van der Waals surface area (Å²) in [5.41, 5.74) is 3.54. The molecule has 0 aliphatic carbocycles. The molecule has 0 radical (unpaired) electrons. The number of nitrogens with zero attached hydrogens (tertiary/aromatic N) is 1. The molecule has 1 heterocycles. The first-order chi connectivity index (χ1) is 10.1. The van der Waals surface area contributed by atoms with Crippen LogP contribution in [0.3, 0.4) is 0 Å². The highest BCUT2D eigenvalue weighted by molar-refractivity contribution is 6.31. The third-order valence-electron chi connectivity index (χ3n) is 3.45. The van der Waals surface area contributed by atoms with Crippen molar-refractivity contribution in [3.63, 3.8) is 0 Å². The maximum absolute atomic E-state index is 12.5. The van der Waals surface area contributed by atoms with E-state index in [-0.39, 0.29) is 5.78 Å². The number of para-hydroxylation sites is 1. The van der Waals surface area contributed by atoms with E-state index < -0.39 is 0 Å². The summed E-state index contributed by atoms with van der Waals surface area (Å²) in [6.45, 7) is 1.94. The highest BCUT2D eigenvalue weighted by Gasteiger charge is 2.11. The first-order valence-electron chi connectivity index (χ1n) is 6.76. The van der Waals surface area contributed by atoms with Gasteiger partial charge in [-0.05, 0) is 48.4 Å². The van der Waals surface area contributed by atoms with Crippen molar-refractivity contribution in [1.82, 2.24) is 4.98 Å². The van der Waals surface area contributed by atoms with Crippen LogP contribution in [-0.4, -0.2) is 10.8 Å². The van der Waals surface area contributed by atoms with Gasteiger partial charge in [-0.3, -0.25) is 9.78 Å². The van der Waals surface area contributed by atoms with Crippen molar-refractivity contribution in [3.05, 3.63) is 76.4 Å². The Morgan fingerprint density at radius 1 is 1.14 bits per heavy atom. The molecule has 2 aromatic carbocycles. The van der Waals surface area contributed by atoms with Crippen LogP contribution in [0.4, 0.5) is 0 Å². The number of rotatable bonds is 3. The monoisotopic (exact) mass is 295 g/mol. The summed E-state index contributed by atoms with van der Waals surface area (Å²) in [4.78, 5) is 16.8. The third-order valence-corrected chi connectivity index (χ3v) is 3.67. The first-order valence-corrected chi connectivity index (χ1v) is 7.14. The Labute approximate surface area is 128 Å². The molecule has 3 heteroatoms. The number of aromatic nitrogens is 1. The van der Waals surface area contributed by atoms with Crippen molar-refractivity contribution in [2.75, 3.05) is 0 Å². The number of carbonyl (C=O) groups excluding carboxylic acids is 1. The molecule has 0 fully saturated rings. The van der Waals surface area contributed by atoms with Gasteiger partial charge in [-0.1, -0.05) is 29.8 Å². The van der Waals surface area contributed by atoms with Crippen LogP contribution < -0.4 is 0 Å². The number of halogens is 1. The molecule has 0 unspecified atom stereocenters. The fraction of sp³-hybridized carbons (Fsp3) is 0.111. The summed E-state index contributed by atoms with van der Waals surface area (Å²) < 4.78 is 0. The minimum absolute atomic E-state index is 0.0666. The second-order valence-electron chi connectivity index (χ2n) is 5.10. The second kappa shape index (κ2) is 5.66. The van der Waals surface area contributed by atoms with E-state index in [2.05, 4.69) is 4.98 Å². The fourth-order valence-corrected chi connectivity index (χ4v) is 2.77. The van der Waals surface area contributed by atoms with E-state index in [1.54, 1.807) is 12.3 Å². The van der Waals surface area contributed by atoms with Gasteiger partial charge in [0.05, 0.1) is 5.52 Å². The average Bonchev–Trinajstić information content (AvgIpc) is 2.46. The van der Waals surface area contributed by atoms with Crippen molar-refractivity contribution in [1.29, 1.82) is 0 Å². The van der Waals surface area contributed by atoms with Gasteiger partial charge in [-0.25, -0.2) is 0 Å². The quantitative estimate of drug-likeness (QED) is 0.660. The van der Waals surface area contributed by atoms with Crippen LogP contribution in [-0.2, 0) is 6.42 Å². The summed E-state index contributed by atoms with van der Waals surface area (Å²) in [5.74, 6) is 0.0666. The molecular weight excluding hydrogens is 282 g/mol. The molecule has 0 bridgehead atoms. The number of benzene rings is 2. The molecule has 0 saturated carbocycles. The number of fused-ring (bicyclic) bond motifs is 1. The molecule has 0 atom stereocenters. The molecule has 0 aliphatic rings. The maximum Gasteiger partial charge on any atom is 0.167 e. The topological polar surface area (TPSA) is 30.0 Å². The van der Waals surface area contributed by atoms with Crippen LogP contribution in [0.1, 0.15) is 21.5 Å². The van der Waals surface area contributed by atoms with E-state index in [0.717, 1.165) is 22.0 Å². The summed E-state index contributed by atoms with van der Waals surface area (Å²) in [7, 11) is 0. The zero-order valence-corrected chi connectivity index (χ0v) is 12.4. The van der Waals surface area contributed by atoms with Crippen molar-refractivity contribution in [3.8, 4) is 0 Å². The number of pyridine rings is 1. The fourth-order valence-electron chi connectivity index (χ4n) is 2.48. The van der Waals surface area contributed by atoms with Crippen LogP contribution >= 0.6 is 11.6 Å². The van der Waals surface area contributed by atoms with Crippen molar-refractivity contribution in [2.45, 2.75) is 13.3 Å². The van der Waals surface area contributed by atoms with Gasteiger partial charge in [0.25, 0.3) is 0 Å². The Morgan fingerprint density at radius 3 is 2.76 bits per heavy atom. The van der Waals surface area contributed by atoms with Gasteiger partial charge in [-0.2, -0.15) is 0 Å². The van der Waals surface area contributed by atoms with E-state index in [1.807, 2.05) is 49.4 Å². The van der Waals surface area contributed by atoms with Crippen molar-refractivity contribution < 1.29 is 4.79 Å². The Bertz CT molecular complexity index is 801. The van der Waals surface area contributed by atoms with Gasteiger partial charge in [0.15, 0.2) is 5.78 Å². The lowest BCUT2D eigenvalue weighted by molar-refractivity contribution is 0.0993. The lowest BCUT2D eigenvalue weighted by Crippen LogP contribution is -2.04. The summed E-state index contributed by atoms with van der Waals surface area (Å²) >= 11 is 6.03. The largest absolute Gasteiger partial charge is 0.294 e. The van der Waals surface area contributed by atoms with Crippen LogP contribution in [0.25, 0.3) is 10.9 Å². The lowest BCUT2D eigenvalue weighted by Gasteiger charge is -2.06. The summed E-state index contributed by atoms with van der Waals surface area (Å²) in [5, 5.41) is 1.62. The Morgan fingerprint density at radius 2 is 1.95 bits per heavy atom. The predicted octanol–water partition coefficient (Wildman–Crippen LogP) is 4.62. The number of carbonyl (C=O) groups is 1. The summed E-state index contributed by atoms with van der Waals surface area (Å²) in [6, 6.07) is 15.2. The Kier molecular flexibility index (Phi) is 3.72. The van der Waals surface area contributed by atoms with Gasteiger partial charge in [0.2, 0.25) is 0 Å².